The molecule has 1 aliphatic rings. The number of fused-ring (bicyclic) bond motifs is 1. The molecule has 0 aromatic heterocycles. The molecule has 1 aromatic rings. The predicted molar refractivity (Wildman–Crippen MR) is 67.6 cm³/mol. The highest BCUT2D eigenvalue weighted by Crippen LogP contribution is 2.30. The van der Waals surface area contributed by atoms with Crippen LogP contribution in [0.25, 0.3) is 0 Å². The van der Waals surface area contributed by atoms with E-state index in [1.807, 2.05) is 12.1 Å². The molecule has 1 amide bonds. The second kappa shape index (κ2) is 5.51. The largest absolute Gasteiger partial charge is 0.490 e. The fourth-order valence-corrected chi connectivity index (χ4v) is 2.22. The number of ether oxygens (including phenoxy) is 2. The number of halogens is 1. The zero-order valence-corrected chi connectivity index (χ0v) is 11.2. The van der Waals surface area contributed by atoms with E-state index in [1.165, 1.54) is 0 Å². The number of carbonyl (C=O) groups excluding carboxylic acids is 1. The Bertz CT molecular complexity index is 434. The summed E-state index contributed by atoms with van der Waals surface area (Å²) in [5.41, 5.74) is 1.76. The van der Waals surface area contributed by atoms with Crippen molar-refractivity contribution >= 4 is 21.8 Å². The molecule has 1 aromatic carbocycles. The van der Waals surface area contributed by atoms with Gasteiger partial charge in [-0.1, -0.05) is 0 Å². The molecule has 0 bridgehead atoms. The highest BCUT2D eigenvalue weighted by atomic mass is 79.9. The zero-order chi connectivity index (χ0) is 12.3. The number of hydrogen-bond donors (Lipinski definition) is 1. The molecule has 0 saturated carbocycles. The van der Waals surface area contributed by atoms with Crippen molar-refractivity contribution in [1.29, 1.82) is 0 Å². The first-order valence-electron chi connectivity index (χ1n) is 5.44. The van der Waals surface area contributed by atoms with Crippen molar-refractivity contribution in [3.8, 4) is 5.75 Å². The van der Waals surface area contributed by atoms with Gasteiger partial charge in [0, 0.05) is 19.2 Å². The first-order chi connectivity index (χ1) is 8.22. The number of benzene rings is 1. The van der Waals surface area contributed by atoms with E-state index in [-0.39, 0.29) is 5.91 Å². The summed E-state index contributed by atoms with van der Waals surface area (Å²) >= 11 is 3.41. The minimum atomic E-state index is -0.0182. The Labute approximate surface area is 108 Å². The standard InChI is InChI=1S/C12H14BrNO3/c1-16-4-5-17-11-6-8-2-3-14-12(15)9(8)7-10(11)13/h6-7H,2-5H2,1H3,(H,14,15). The van der Waals surface area contributed by atoms with Crippen LogP contribution in [0.4, 0.5) is 0 Å². The Balaban J connectivity index is 2.21. The molecule has 1 heterocycles. The van der Waals surface area contributed by atoms with Gasteiger partial charge in [0.1, 0.15) is 12.4 Å². The molecule has 1 N–H and O–H groups in total. The predicted octanol–water partition coefficient (Wildman–Crippen LogP) is 1.76. The summed E-state index contributed by atoms with van der Waals surface area (Å²) in [6, 6.07) is 3.74. The second-order valence-electron chi connectivity index (χ2n) is 3.79. The van der Waals surface area contributed by atoms with Crippen LogP contribution in [0.5, 0.6) is 5.75 Å². The Morgan fingerprint density at radius 1 is 1.41 bits per heavy atom. The number of methoxy groups -OCH3 is 1. The fourth-order valence-electron chi connectivity index (χ4n) is 1.77. The number of hydrogen-bond acceptors (Lipinski definition) is 3. The third-order valence-corrected chi connectivity index (χ3v) is 3.25. The van der Waals surface area contributed by atoms with E-state index in [0.29, 0.717) is 19.8 Å². The van der Waals surface area contributed by atoms with Crippen molar-refractivity contribution in [3.63, 3.8) is 0 Å². The third kappa shape index (κ3) is 2.79. The van der Waals surface area contributed by atoms with Crippen molar-refractivity contribution in [3.05, 3.63) is 27.7 Å². The highest BCUT2D eigenvalue weighted by Gasteiger charge is 2.18. The van der Waals surface area contributed by atoms with Crippen molar-refractivity contribution < 1.29 is 14.3 Å². The summed E-state index contributed by atoms with van der Waals surface area (Å²) in [6.07, 6.45) is 0.842. The highest BCUT2D eigenvalue weighted by molar-refractivity contribution is 9.10. The lowest BCUT2D eigenvalue weighted by Crippen LogP contribution is -2.31. The van der Waals surface area contributed by atoms with Gasteiger partial charge in [0.05, 0.1) is 11.1 Å². The second-order valence-corrected chi connectivity index (χ2v) is 4.64. The van der Waals surface area contributed by atoms with Gasteiger partial charge in [0.2, 0.25) is 0 Å². The van der Waals surface area contributed by atoms with Crippen molar-refractivity contribution in [2.45, 2.75) is 6.42 Å². The first-order valence-corrected chi connectivity index (χ1v) is 6.24. The van der Waals surface area contributed by atoms with Gasteiger partial charge in [-0.25, -0.2) is 0 Å². The minimum absolute atomic E-state index is 0.0182. The van der Waals surface area contributed by atoms with Gasteiger partial charge in [-0.3, -0.25) is 4.79 Å². The Morgan fingerprint density at radius 3 is 3.00 bits per heavy atom. The fraction of sp³-hybridized carbons (Fsp3) is 0.417. The van der Waals surface area contributed by atoms with Gasteiger partial charge in [0.25, 0.3) is 5.91 Å². The summed E-state index contributed by atoms with van der Waals surface area (Å²) < 4.78 is 11.3. The lowest BCUT2D eigenvalue weighted by atomic mass is 10.0. The van der Waals surface area contributed by atoms with E-state index in [9.17, 15) is 4.79 Å². The number of rotatable bonds is 4. The van der Waals surface area contributed by atoms with Crippen molar-refractivity contribution in [1.82, 2.24) is 5.32 Å². The lowest BCUT2D eigenvalue weighted by Gasteiger charge is -2.18. The van der Waals surface area contributed by atoms with Crippen molar-refractivity contribution in [2.24, 2.45) is 0 Å². The van der Waals surface area contributed by atoms with Gasteiger partial charge >= 0.3 is 0 Å². The van der Waals surface area contributed by atoms with E-state index >= 15 is 0 Å². The Kier molecular flexibility index (Phi) is 4.02. The van der Waals surface area contributed by atoms with Crippen LogP contribution < -0.4 is 10.1 Å². The average molecular weight is 300 g/mol. The maximum Gasteiger partial charge on any atom is 0.251 e. The van der Waals surface area contributed by atoms with Crippen LogP contribution in [0.3, 0.4) is 0 Å². The van der Waals surface area contributed by atoms with Crippen LogP contribution in [0, 0.1) is 0 Å². The minimum Gasteiger partial charge on any atom is -0.490 e. The quantitative estimate of drug-likeness (QED) is 0.862. The molecule has 17 heavy (non-hydrogen) atoms. The average Bonchev–Trinajstić information content (AvgIpc) is 2.31. The molecule has 0 spiro atoms. The van der Waals surface area contributed by atoms with Crippen LogP contribution in [0.2, 0.25) is 0 Å². The maximum absolute atomic E-state index is 11.6. The molecule has 0 fully saturated rings. The Hall–Kier alpha value is -1.07. The molecule has 5 heteroatoms. The van der Waals surface area contributed by atoms with Crippen molar-refractivity contribution in [2.75, 3.05) is 26.9 Å². The molecular formula is C12H14BrNO3. The molecular weight excluding hydrogens is 286 g/mol. The van der Waals surface area contributed by atoms with Gasteiger partial charge in [0.15, 0.2) is 0 Å². The third-order valence-electron chi connectivity index (χ3n) is 2.63. The monoisotopic (exact) mass is 299 g/mol. The first kappa shape index (κ1) is 12.4. The van der Waals surface area contributed by atoms with Crippen LogP contribution in [0.1, 0.15) is 15.9 Å². The lowest BCUT2D eigenvalue weighted by molar-refractivity contribution is 0.0945. The van der Waals surface area contributed by atoms with E-state index in [2.05, 4.69) is 21.2 Å². The molecule has 2 rings (SSSR count). The molecule has 0 radical (unpaired) electrons. The van der Waals surface area contributed by atoms with Gasteiger partial charge < -0.3 is 14.8 Å². The van der Waals surface area contributed by atoms with Crippen LogP contribution in [0.15, 0.2) is 16.6 Å². The van der Waals surface area contributed by atoms with E-state index in [0.717, 1.165) is 27.8 Å². The van der Waals surface area contributed by atoms with Crippen LogP contribution in [-0.4, -0.2) is 32.8 Å². The number of carbonyl (C=O) groups is 1. The van der Waals surface area contributed by atoms with Gasteiger partial charge in [-0.05, 0) is 40.0 Å². The van der Waals surface area contributed by atoms with Gasteiger partial charge in [-0.2, -0.15) is 0 Å². The summed E-state index contributed by atoms with van der Waals surface area (Å²) in [7, 11) is 1.63. The number of nitrogens with one attached hydrogen (secondary N) is 1. The topological polar surface area (TPSA) is 47.6 Å². The maximum atomic E-state index is 11.6. The molecule has 92 valence electrons. The Morgan fingerprint density at radius 2 is 2.24 bits per heavy atom. The molecule has 0 aliphatic carbocycles. The summed E-state index contributed by atoms with van der Waals surface area (Å²) in [5.74, 6) is 0.742. The smallest absolute Gasteiger partial charge is 0.251 e. The zero-order valence-electron chi connectivity index (χ0n) is 9.59. The molecule has 4 nitrogen and oxygen atoms in total. The van der Waals surface area contributed by atoms with E-state index in [4.69, 9.17) is 9.47 Å². The molecule has 0 unspecified atom stereocenters. The normalized spacial score (nSPS) is 14.1. The summed E-state index contributed by atoms with van der Waals surface area (Å²) in [4.78, 5) is 11.6. The van der Waals surface area contributed by atoms with E-state index in [1.54, 1.807) is 7.11 Å². The van der Waals surface area contributed by atoms with Gasteiger partial charge in [-0.15, -0.1) is 0 Å². The van der Waals surface area contributed by atoms with E-state index < -0.39 is 0 Å². The van der Waals surface area contributed by atoms with Crippen LogP contribution >= 0.6 is 15.9 Å². The molecule has 1 aliphatic heterocycles. The SMILES string of the molecule is COCCOc1cc2c(cc1Br)C(=O)NCC2. The molecule has 0 saturated heterocycles. The van der Waals surface area contributed by atoms with Crippen LogP contribution in [-0.2, 0) is 11.2 Å². The molecule has 0 atom stereocenters. The number of amides is 1. The summed E-state index contributed by atoms with van der Waals surface area (Å²) in [6.45, 7) is 1.73. The summed E-state index contributed by atoms with van der Waals surface area (Å²) in [5, 5.41) is 2.82.